The zero-order valence-electron chi connectivity index (χ0n) is 11.1. The normalized spacial score (nSPS) is 18.0. The summed E-state index contributed by atoms with van der Waals surface area (Å²) in [6.07, 6.45) is 3.11. The van der Waals surface area contributed by atoms with E-state index in [0.717, 1.165) is 5.56 Å². The lowest BCUT2D eigenvalue weighted by Gasteiger charge is -2.14. The molecule has 6 heteroatoms. The fourth-order valence-electron chi connectivity index (χ4n) is 2.31. The Hall–Kier alpha value is -2.76. The van der Waals surface area contributed by atoms with Gasteiger partial charge < -0.3 is 5.11 Å². The Labute approximate surface area is 121 Å². The fourth-order valence-corrected chi connectivity index (χ4v) is 2.31. The maximum Gasteiger partial charge on any atom is 0.308 e. The topological polar surface area (TPSA) is 83.4 Å². The molecule has 106 valence electrons. The van der Waals surface area contributed by atoms with Gasteiger partial charge in [0, 0.05) is 18.5 Å². The second kappa shape index (κ2) is 5.32. The van der Waals surface area contributed by atoms with Crippen molar-refractivity contribution in [1.29, 1.82) is 0 Å². The monoisotopic (exact) mass is 283 g/mol. The van der Waals surface area contributed by atoms with Crippen molar-refractivity contribution in [2.45, 2.75) is 6.42 Å². The highest BCUT2D eigenvalue weighted by atomic mass is 16.4. The number of carbonyl (C=O) groups is 2. The molecule has 1 atom stereocenters. The minimum absolute atomic E-state index is 0.0114. The number of benzene rings is 1. The maximum absolute atomic E-state index is 11.8. The van der Waals surface area contributed by atoms with Crippen LogP contribution < -0.4 is 4.90 Å². The number of aliphatic carboxylic acids is 1. The summed E-state index contributed by atoms with van der Waals surface area (Å²) in [5.74, 6) is -1.47. The Kier molecular flexibility index (Phi) is 3.35. The molecule has 2 aromatic rings. The molecule has 21 heavy (non-hydrogen) atoms. The summed E-state index contributed by atoms with van der Waals surface area (Å²) in [4.78, 5) is 32.7. The molecule has 1 aromatic heterocycles. The van der Waals surface area contributed by atoms with E-state index in [9.17, 15) is 9.59 Å². The van der Waals surface area contributed by atoms with E-state index < -0.39 is 11.9 Å². The van der Waals surface area contributed by atoms with Crippen LogP contribution in [0.5, 0.6) is 0 Å². The van der Waals surface area contributed by atoms with Gasteiger partial charge in [0.25, 0.3) is 0 Å². The van der Waals surface area contributed by atoms with Crippen molar-refractivity contribution in [3.63, 3.8) is 0 Å². The molecule has 2 heterocycles. The third kappa shape index (κ3) is 2.60. The minimum Gasteiger partial charge on any atom is -0.481 e. The first-order chi connectivity index (χ1) is 10.1. The van der Waals surface area contributed by atoms with Crippen molar-refractivity contribution in [3.05, 3.63) is 42.7 Å². The van der Waals surface area contributed by atoms with Crippen LogP contribution in [0.3, 0.4) is 0 Å². The number of hydrogen-bond acceptors (Lipinski definition) is 4. The number of anilines is 1. The van der Waals surface area contributed by atoms with Gasteiger partial charge in [-0.3, -0.25) is 19.5 Å². The van der Waals surface area contributed by atoms with Gasteiger partial charge in [-0.05, 0) is 0 Å². The van der Waals surface area contributed by atoms with Gasteiger partial charge in [-0.2, -0.15) is 0 Å². The van der Waals surface area contributed by atoms with Gasteiger partial charge >= 0.3 is 5.97 Å². The number of carbonyl (C=O) groups excluding carboxylic acids is 1. The molecule has 1 aliphatic rings. The van der Waals surface area contributed by atoms with Gasteiger partial charge in [0.05, 0.1) is 24.0 Å². The largest absolute Gasteiger partial charge is 0.481 e. The zero-order chi connectivity index (χ0) is 14.8. The van der Waals surface area contributed by atoms with Gasteiger partial charge in [0.15, 0.2) is 5.82 Å². The molecule has 1 amide bonds. The second-order valence-electron chi connectivity index (χ2n) is 4.87. The SMILES string of the molecule is O=C(O)C1CC(=O)N(c2cnc(-c3ccccc3)cn2)C1. The molecule has 1 aromatic carbocycles. The lowest BCUT2D eigenvalue weighted by molar-refractivity contribution is -0.141. The summed E-state index contributed by atoms with van der Waals surface area (Å²) in [5.41, 5.74) is 1.65. The molecule has 0 spiro atoms. The van der Waals surface area contributed by atoms with Gasteiger partial charge in [0.2, 0.25) is 5.91 Å². The van der Waals surface area contributed by atoms with E-state index in [1.54, 1.807) is 6.20 Å². The van der Waals surface area contributed by atoms with Crippen molar-refractivity contribution in [2.24, 2.45) is 5.92 Å². The smallest absolute Gasteiger partial charge is 0.308 e. The van der Waals surface area contributed by atoms with Crippen LogP contribution in [0.25, 0.3) is 11.3 Å². The molecule has 6 nitrogen and oxygen atoms in total. The Balaban J connectivity index is 1.82. The Morgan fingerprint density at radius 1 is 1.19 bits per heavy atom. The summed E-state index contributed by atoms with van der Waals surface area (Å²) in [5, 5.41) is 8.97. The summed E-state index contributed by atoms with van der Waals surface area (Å²) in [7, 11) is 0. The minimum atomic E-state index is -0.959. The first-order valence-electron chi connectivity index (χ1n) is 6.56. The molecule has 0 saturated carbocycles. The van der Waals surface area contributed by atoms with E-state index in [2.05, 4.69) is 9.97 Å². The van der Waals surface area contributed by atoms with Crippen molar-refractivity contribution in [3.8, 4) is 11.3 Å². The molecular weight excluding hydrogens is 270 g/mol. The highest BCUT2D eigenvalue weighted by molar-refractivity contribution is 5.98. The summed E-state index contributed by atoms with van der Waals surface area (Å²) in [6, 6.07) is 9.58. The number of aromatic nitrogens is 2. The van der Waals surface area contributed by atoms with E-state index >= 15 is 0 Å². The lowest BCUT2D eigenvalue weighted by atomic mass is 10.1. The van der Waals surface area contributed by atoms with Crippen molar-refractivity contribution in [2.75, 3.05) is 11.4 Å². The van der Waals surface area contributed by atoms with Gasteiger partial charge in [-0.15, -0.1) is 0 Å². The van der Waals surface area contributed by atoms with Crippen LogP contribution in [0.2, 0.25) is 0 Å². The zero-order valence-corrected chi connectivity index (χ0v) is 11.1. The highest BCUT2D eigenvalue weighted by Gasteiger charge is 2.35. The Morgan fingerprint density at radius 3 is 2.52 bits per heavy atom. The number of carboxylic acids is 1. The third-order valence-electron chi connectivity index (χ3n) is 3.46. The number of nitrogens with zero attached hydrogens (tertiary/aromatic N) is 3. The third-order valence-corrected chi connectivity index (χ3v) is 3.46. The molecule has 0 radical (unpaired) electrons. The van der Waals surface area contributed by atoms with Crippen LogP contribution in [0, 0.1) is 5.92 Å². The van der Waals surface area contributed by atoms with Gasteiger partial charge in [-0.25, -0.2) is 4.98 Å². The molecule has 3 rings (SSSR count). The molecular formula is C15H13N3O3. The second-order valence-corrected chi connectivity index (χ2v) is 4.87. The van der Waals surface area contributed by atoms with Crippen LogP contribution in [0.15, 0.2) is 42.7 Å². The number of carboxylic acid groups (broad SMARTS) is 1. The molecule has 1 saturated heterocycles. The Bertz CT molecular complexity index is 670. The van der Waals surface area contributed by atoms with Crippen LogP contribution in [0.1, 0.15) is 6.42 Å². The summed E-state index contributed by atoms with van der Waals surface area (Å²) >= 11 is 0. The van der Waals surface area contributed by atoms with E-state index in [0.29, 0.717) is 11.5 Å². The van der Waals surface area contributed by atoms with Gasteiger partial charge in [0.1, 0.15) is 0 Å². The standard InChI is InChI=1S/C15H13N3O3/c19-14-6-11(15(20)21)9-18(14)13-8-16-12(7-17-13)10-4-2-1-3-5-10/h1-5,7-8,11H,6,9H2,(H,20,21). The predicted molar refractivity (Wildman–Crippen MR) is 75.6 cm³/mol. The fraction of sp³-hybridized carbons (Fsp3) is 0.200. The van der Waals surface area contributed by atoms with Crippen LogP contribution in [-0.2, 0) is 9.59 Å². The van der Waals surface area contributed by atoms with Crippen LogP contribution >= 0.6 is 0 Å². The number of rotatable bonds is 3. The first kappa shape index (κ1) is 13.2. The molecule has 1 fully saturated rings. The van der Waals surface area contributed by atoms with Gasteiger partial charge in [-0.1, -0.05) is 30.3 Å². The van der Waals surface area contributed by atoms with E-state index in [-0.39, 0.29) is 18.9 Å². The number of hydrogen-bond donors (Lipinski definition) is 1. The van der Waals surface area contributed by atoms with Crippen molar-refractivity contribution >= 4 is 17.7 Å². The first-order valence-corrected chi connectivity index (χ1v) is 6.56. The molecule has 1 aliphatic heterocycles. The van der Waals surface area contributed by atoms with Crippen LogP contribution in [-0.4, -0.2) is 33.5 Å². The average molecular weight is 283 g/mol. The summed E-state index contributed by atoms with van der Waals surface area (Å²) < 4.78 is 0. The molecule has 0 bridgehead atoms. The average Bonchev–Trinajstić information content (AvgIpc) is 2.91. The predicted octanol–water partition coefficient (Wildman–Crippen LogP) is 1.58. The van der Waals surface area contributed by atoms with Crippen molar-refractivity contribution < 1.29 is 14.7 Å². The molecule has 1 unspecified atom stereocenters. The van der Waals surface area contributed by atoms with Crippen molar-refractivity contribution in [1.82, 2.24) is 9.97 Å². The molecule has 0 aliphatic carbocycles. The maximum atomic E-state index is 11.8. The highest BCUT2D eigenvalue weighted by Crippen LogP contribution is 2.24. The Morgan fingerprint density at radius 2 is 1.95 bits per heavy atom. The lowest BCUT2D eigenvalue weighted by Crippen LogP contribution is -2.26. The van der Waals surface area contributed by atoms with Crippen LogP contribution in [0.4, 0.5) is 5.82 Å². The molecule has 1 N–H and O–H groups in total. The quantitative estimate of drug-likeness (QED) is 0.924. The van der Waals surface area contributed by atoms with E-state index in [4.69, 9.17) is 5.11 Å². The number of amides is 1. The van der Waals surface area contributed by atoms with E-state index in [1.165, 1.54) is 11.1 Å². The van der Waals surface area contributed by atoms with E-state index in [1.807, 2.05) is 30.3 Å². The summed E-state index contributed by atoms with van der Waals surface area (Å²) in [6.45, 7) is 0.146.